The number of aromatic amines is 1. The summed E-state index contributed by atoms with van der Waals surface area (Å²) in [4.78, 5) is 14.3. The van der Waals surface area contributed by atoms with Crippen LogP contribution in [0, 0.1) is 6.92 Å². The fourth-order valence-corrected chi connectivity index (χ4v) is 2.79. The summed E-state index contributed by atoms with van der Waals surface area (Å²) in [5, 5.41) is 3.18. The summed E-state index contributed by atoms with van der Waals surface area (Å²) >= 11 is 1.70. The largest absolute Gasteiger partial charge is 0.368 e. The lowest BCUT2D eigenvalue weighted by Gasteiger charge is -2.31. The third kappa shape index (κ3) is 2.60. The molecule has 0 spiro atoms. The maximum absolute atomic E-state index is 5.77. The maximum Gasteiger partial charge on any atom is 0.136 e. The van der Waals surface area contributed by atoms with E-state index in [1.54, 1.807) is 11.3 Å². The van der Waals surface area contributed by atoms with E-state index >= 15 is 0 Å². The Hall–Kier alpha value is -1.24. The van der Waals surface area contributed by atoms with Gasteiger partial charge < -0.3 is 9.72 Å². The normalized spacial score (nSPS) is 21.3. The van der Waals surface area contributed by atoms with E-state index in [-0.39, 0.29) is 6.10 Å². The first-order valence-electron chi connectivity index (χ1n) is 6.05. The zero-order chi connectivity index (χ0) is 12.4. The number of aryl methyl sites for hydroxylation is 1. The molecule has 1 unspecified atom stereocenters. The van der Waals surface area contributed by atoms with Crippen molar-refractivity contribution in [3.63, 3.8) is 0 Å². The molecule has 0 bridgehead atoms. The molecule has 3 rings (SSSR count). The lowest BCUT2D eigenvalue weighted by Crippen LogP contribution is -2.38. The summed E-state index contributed by atoms with van der Waals surface area (Å²) in [5.41, 5.74) is 1.07. The van der Waals surface area contributed by atoms with E-state index in [1.807, 2.05) is 24.7 Å². The first-order valence-corrected chi connectivity index (χ1v) is 6.93. The number of hydrogen-bond acceptors (Lipinski definition) is 5. The van der Waals surface area contributed by atoms with Gasteiger partial charge in [-0.2, -0.15) is 0 Å². The van der Waals surface area contributed by atoms with Gasteiger partial charge in [-0.1, -0.05) is 0 Å². The van der Waals surface area contributed by atoms with Crippen molar-refractivity contribution in [2.75, 3.05) is 19.7 Å². The minimum absolute atomic E-state index is 0.0485. The SMILES string of the molecule is Cc1cnc(C2CN(Cc3nccs3)CCO2)[nH]1. The number of ether oxygens (including phenoxy) is 1. The Balaban J connectivity index is 1.65. The second-order valence-electron chi connectivity index (χ2n) is 4.47. The Labute approximate surface area is 110 Å². The third-order valence-corrected chi connectivity index (χ3v) is 3.78. The Bertz CT molecular complexity index is 496. The number of thiazole rings is 1. The molecule has 5 nitrogen and oxygen atoms in total. The van der Waals surface area contributed by atoms with Crippen LogP contribution >= 0.6 is 11.3 Å². The van der Waals surface area contributed by atoms with Crippen LogP contribution in [0.4, 0.5) is 0 Å². The second-order valence-corrected chi connectivity index (χ2v) is 5.45. The number of rotatable bonds is 3. The molecule has 6 heteroatoms. The second kappa shape index (κ2) is 5.17. The minimum Gasteiger partial charge on any atom is -0.368 e. The number of hydrogen-bond donors (Lipinski definition) is 1. The fourth-order valence-electron chi connectivity index (χ4n) is 2.13. The zero-order valence-corrected chi connectivity index (χ0v) is 11.1. The lowest BCUT2D eigenvalue weighted by molar-refractivity contribution is -0.0368. The monoisotopic (exact) mass is 264 g/mol. The molecule has 1 atom stereocenters. The van der Waals surface area contributed by atoms with E-state index in [0.29, 0.717) is 0 Å². The van der Waals surface area contributed by atoms with E-state index < -0.39 is 0 Å². The fraction of sp³-hybridized carbons (Fsp3) is 0.500. The summed E-state index contributed by atoms with van der Waals surface area (Å²) in [6, 6.07) is 0. The average molecular weight is 264 g/mol. The van der Waals surface area contributed by atoms with Crippen LogP contribution in [0.15, 0.2) is 17.8 Å². The Morgan fingerprint density at radius 1 is 1.56 bits per heavy atom. The van der Waals surface area contributed by atoms with Gasteiger partial charge in [-0.3, -0.25) is 4.90 Å². The summed E-state index contributed by atoms with van der Waals surface area (Å²) < 4.78 is 5.77. The Kier molecular flexibility index (Phi) is 3.40. The number of aromatic nitrogens is 3. The molecule has 0 aliphatic carbocycles. The summed E-state index contributed by atoms with van der Waals surface area (Å²) in [7, 11) is 0. The summed E-state index contributed by atoms with van der Waals surface area (Å²) in [6.07, 6.45) is 3.75. The van der Waals surface area contributed by atoms with Crippen molar-refractivity contribution in [1.82, 2.24) is 19.9 Å². The van der Waals surface area contributed by atoms with Crippen LogP contribution in [0.5, 0.6) is 0 Å². The first kappa shape index (κ1) is 11.8. The van der Waals surface area contributed by atoms with E-state index in [1.165, 1.54) is 0 Å². The van der Waals surface area contributed by atoms with E-state index in [4.69, 9.17) is 4.74 Å². The highest BCUT2D eigenvalue weighted by Crippen LogP contribution is 2.21. The molecule has 1 aliphatic rings. The van der Waals surface area contributed by atoms with Crippen molar-refractivity contribution in [2.24, 2.45) is 0 Å². The van der Waals surface area contributed by atoms with Gasteiger partial charge in [-0.25, -0.2) is 9.97 Å². The highest BCUT2D eigenvalue weighted by molar-refractivity contribution is 7.09. The quantitative estimate of drug-likeness (QED) is 0.917. The van der Waals surface area contributed by atoms with E-state index in [0.717, 1.165) is 42.8 Å². The van der Waals surface area contributed by atoms with Gasteiger partial charge in [0, 0.05) is 36.6 Å². The number of imidazole rings is 1. The first-order chi connectivity index (χ1) is 8.81. The Morgan fingerprint density at radius 3 is 3.22 bits per heavy atom. The van der Waals surface area contributed by atoms with Gasteiger partial charge in [0.15, 0.2) is 0 Å². The molecule has 1 aliphatic heterocycles. The molecule has 0 amide bonds. The van der Waals surface area contributed by atoms with Gasteiger partial charge in [0.25, 0.3) is 0 Å². The van der Waals surface area contributed by atoms with Gasteiger partial charge >= 0.3 is 0 Å². The standard InChI is InChI=1S/C12H16N4OS/c1-9-6-14-12(15-9)10-7-16(3-4-17-10)8-11-13-2-5-18-11/h2,5-6,10H,3-4,7-8H2,1H3,(H,14,15). The van der Waals surface area contributed by atoms with Crippen LogP contribution in [0.25, 0.3) is 0 Å². The summed E-state index contributed by atoms with van der Waals surface area (Å²) in [5.74, 6) is 0.927. The molecule has 0 radical (unpaired) electrons. The zero-order valence-electron chi connectivity index (χ0n) is 10.3. The molecule has 2 aromatic heterocycles. The molecule has 1 saturated heterocycles. The molecular weight excluding hydrogens is 248 g/mol. The molecular formula is C12H16N4OS. The highest BCUT2D eigenvalue weighted by Gasteiger charge is 2.24. The van der Waals surface area contributed by atoms with Crippen LogP contribution in [0.1, 0.15) is 22.6 Å². The molecule has 18 heavy (non-hydrogen) atoms. The third-order valence-electron chi connectivity index (χ3n) is 3.02. The molecule has 1 N–H and O–H groups in total. The molecule has 2 aromatic rings. The van der Waals surface area contributed by atoms with Gasteiger partial charge in [0.2, 0.25) is 0 Å². The number of nitrogens with one attached hydrogen (secondary N) is 1. The van der Waals surface area contributed by atoms with Crippen LogP contribution in [0.3, 0.4) is 0 Å². The van der Waals surface area contributed by atoms with Crippen molar-refractivity contribution >= 4 is 11.3 Å². The molecule has 0 saturated carbocycles. The molecule has 96 valence electrons. The predicted molar refractivity (Wildman–Crippen MR) is 69.4 cm³/mol. The van der Waals surface area contributed by atoms with Gasteiger partial charge in [-0.05, 0) is 6.92 Å². The molecule has 0 aromatic carbocycles. The summed E-state index contributed by atoms with van der Waals surface area (Å²) in [6.45, 7) is 5.47. The number of H-pyrrole nitrogens is 1. The topological polar surface area (TPSA) is 54.0 Å². The van der Waals surface area contributed by atoms with Crippen molar-refractivity contribution < 1.29 is 4.74 Å². The van der Waals surface area contributed by atoms with Crippen molar-refractivity contribution in [3.05, 3.63) is 34.3 Å². The number of morpholine rings is 1. The van der Waals surface area contributed by atoms with Crippen molar-refractivity contribution in [2.45, 2.75) is 19.6 Å². The molecule has 3 heterocycles. The lowest BCUT2D eigenvalue weighted by atomic mass is 10.2. The van der Waals surface area contributed by atoms with Gasteiger partial charge in [-0.15, -0.1) is 11.3 Å². The van der Waals surface area contributed by atoms with E-state index in [9.17, 15) is 0 Å². The minimum atomic E-state index is 0.0485. The van der Waals surface area contributed by atoms with E-state index in [2.05, 4.69) is 19.9 Å². The van der Waals surface area contributed by atoms with Crippen LogP contribution in [-0.2, 0) is 11.3 Å². The predicted octanol–water partition coefficient (Wildman–Crippen LogP) is 1.75. The number of nitrogens with zero attached hydrogens (tertiary/aromatic N) is 3. The molecule has 1 fully saturated rings. The van der Waals surface area contributed by atoms with Gasteiger partial charge in [0.1, 0.15) is 16.9 Å². The Morgan fingerprint density at radius 2 is 2.50 bits per heavy atom. The average Bonchev–Trinajstić information content (AvgIpc) is 3.01. The highest BCUT2D eigenvalue weighted by atomic mass is 32.1. The van der Waals surface area contributed by atoms with Crippen LogP contribution < -0.4 is 0 Å². The smallest absolute Gasteiger partial charge is 0.136 e. The van der Waals surface area contributed by atoms with Gasteiger partial charge in [0.05, 0.1) is 13.2 Å². The van der Waals surface area contributed by atoms with Crippen LogP contribution in [-0.4, -0.2) is 39.5 Å². The van der Waals surface area contributed by atoms with Crippen molar-refractivity contribution in [1.29, 1.82) is 0 Å². The van der Waals surface area contributed by atoms with Crippen LogP contribution in [0.2, 0.25) is 0 Å². The van der Waals surface area contributed by atoms with Crippen molar-refractivity contribution in [3.8, 4) is 0 Å². The maximum atomic E-state index is 5.77.